The Bertz CT molecular complexity index is 1180. The summed E-state index contributed by atoms with van der Waals surface area (Å²) in [5.41, 5.74) is 3.98. The Morgan fingerprint density at radius 3 is 2.37 bits per heavy atom. The van der Waals surface area contributed by atoms with Gasteiger partial charge in [-0.1, -0.05) is 41.1 Å². The van der Waals surface area contributed by atoms with Gasteiger partial charge in [-0.25, -0.2) is 0 Å². The number of carbonyl (C=O) groups is 2. The monoisotopic (exact) mass is 539 g/mol. The van der Waals surface area contributed by atoms with E-state index in [-0.39, 0.29) is 17.7 Å². The molecular formula is C28H30BrNO5. The van der Waals surface area contributed by atoms with Gasteiger partial charge in [0.25, 0.3) is 0 Å². The lowest BCUT2D eigenvalue weighted by Crippen LogP contribution is -2.38. The molecular weight excluding hydrogens is 510 g/mol. The Labute approximate surface area is 214 Å². The number of ketones is 1. The SMILES string of the molecule is CCCOC(=O)C1C(C)=NC2=C(C(=O)C[C@H](c3ccc(OC)c(OC)c3)C2)[C@H]1c1ccc(Br)cc1. The standard InChI is InChI=1S/C28H30BrNO5/c1-5-12-35-28(32)25-16(2)30-21-13-19(18-8-11-23(33-3)24(15-18)34-4)14-22(31)27(21)26(25)17-6-9-20(29)10-7-17/h6-11,15,19,25-26H,5,12-14H2,1-4H3/t19-,25?,26+/m1/s1. The molecule has 6 nitrogen and oxygen atoms in total. The summed E-state index contributed by atoms with van der Waals surface area (Å²) in [4.78, 5) is 31.6. The quantitative estimate of drug-likeness (QED) is 0.403. The van der Waals surface area contributed by atoms with Crippen LogP contribution < -0.4 is 9.47 Å². The summed E-state index contributed by atoms with van der Waals surface area (Å²) >= 11 is 3.48. The first-order chi connectivity index (χ1) is 16.9. The molecule has 0 amide bonds. The molecule has 7 heteroatoms. The molecule has 1 aliphatic carbocycles. The summed E-state index contributed by atoms with van der Waals surface area (Å²) < 4.78 is 17.3. The Morgan fingerprint density at radius 2 is 1.71 bits per heavy atom. The minimum atomic E-state index is -0.622. The van der Waals surface area contributed by atoms with E-state index in [1.807, 2.05) is 56.3 Å². The lowest BCUT2D eigenvalue weighted by molar-refractivity contribution is -0.146. The number of hydrogen-bond acceptors (Lipinski definition) is 6. The fourth-order valence-corrected chi connectivity index (χ4v) is 5.29. The van der Waals surface area contributed by atoms with Gasteiger partial charge >= 0.3 is 5.97 Å². The van der Waals surface area contributed by atoms with Crippen LogP contribution in [0.5, 0.6) is 11.5 Å². The third-order valence-corrected chi connectivity index (χ3v) is 7.23. The van der Waals surface area contributed by atoms with Crippen molar-refractivity contribution in [1.82, 2.24) is 0 Å². The smallest absolute Gasteiger partial charge is 0.315 e. The number of rotatable bonds is 7. The summed E-state index contributed by atoms with van der Waals surface area (Å²) in [7, 11) is 3.20. The van der Waals surface area contributed by atoms with Gasteiger partial charge in [0.1, 0.15) is 5.92 Å². The van der Waals surface area contributed by atoms with Gasteiger partial charge in [-0.3, -0.25) is 14.6 Å². The number of methoxy groups -OCH3 is 2. The van der Waals surface area contributed by atoms with Crippen molar-refractivity contribution in [2.75, 3.05) is 20.8 Å². The molecule has 2 aromatic rings. The number of carbonyl (C=O) groups excluding carboxylic acids is 2. The van der Waals surface area contributed by atoms with Crippen molar-refractivity contribution in [1.29, 1.82) is 0 Å². The number of hydrogen-bond donors (Lipinski definition) is 0. The summed E-state index contributed by atoms with van der Waals surface area (Å²) in [6.45, 7) is 4.16. The Hall–Kier alpha value is -2.93. The maximum absolute atomic E-state index is 13.7. The second-order valence-electron chi connectivity index (χ2n) is 8.93. The molecule has 2 aliphatic rings. The molecule has 0 aromatic heterocycles. The van der Waals surface area contributed by atoms with Crippen LogP contribution >= 0.6 is 15.9 Å². The van der Waals surface area contributed by atoms with E-state index in [9.17, 15) is 9.59 Å². The molecule has 0 bridgehead atoms. The highest BCUT2D eigenvalue weighted by molar-refractivity contribution is 9.10. The Kier molecular flexibility index (Phi) is 7.75. The predicted octanol–water partition coefficient (Wildman–Crippen LogP) is 5.99. The molecule has 1 aliphatic heterocycles. The van der Waals surface area contributed by atoms with Crippen LogP contribution in [0.4, 0.5) is 0 Å². The van der Waals surface area contributed by atoms with Crippen LogP contribution in [0.15, 0.2) is 63.2 Å². The average molecular weight is 540 g/mol. The summed E-state index contributed by atoms with van der Waals surface area (Å²) in [6, 6.07) is 13.6. The van der Waals surface area contributed by atoms with Gasteiger partial charge < -0.3 is 14.2 Å². The molecule has 1 unspecified atom stereocenters. The van der Waals surface area contributed by atoms with Gasteiger partial charge in [-0.15, -0.1) is 0 Å². The molecule has 2 aromatic carbocycles. The zero-order valence-corrected chi connectivity index (χ0v) is 22.1. The Balaban J connectivity index is 1.75. The second kappa shape index (κ2) is 10.8. The van der Waals surface area contributed by atoms with Crippen LogP contribution in [-0.4, -0.2) is 38.3 Å². The normalized spacial score (nSPS) is 21.8. The molecule has 0 N–H and O–H groups in total. The minimum Gasteiger partial charge on any atom is -0.493 e. The van der Waals surface area contributed by atoms with Crippen molar-refractivity contribution in [3.8, 4) is 11.5 Å². The molecule has 3 atom stereocenters. The van der Waals surface area contributed by atoms with E-state index >= 15 is 0 Å². The van der Waals surface area contributed by atoms with E-state index in [4.69, 9.17) is 19.2 Å². The van der Waals surface area contributed by atoms with Crippen molar-refractivity contribution in [3.05, 3.63) is 69.3 Å². The van der Waals surface area contributed by atoms with Crippen molar-refractivity contribution in [2.45, 2.75) is 44.9 Å². The fourth-order valence-electron chi connectivity index (χ4n) is 5.03. The molecule has 184 valence electrons. The van der Waals surface area contributed by atoms with Gasteiger partial charge in [0, 0.05) is 33.8 Å². The summed E-state index contributed by atoms with van der Waals surface area (Å²) in [6.07, 6.45) is 1.68. The van der Waals surface area contributed by atoms with Crippen molar-refractivity contribution in [3.63, 3.8) is 0 Å². The lowest BCUT2D eigenvalue weighted by Gasteiger charge is -2.36. The second-order valence-corrected chi connectivity index (χ2v) is 9.85. The van der Waals surface area contributed by atoms with Gasteiger partial charge in [0.2, 0.25) is 0 Å². The first-order valence-electron chi connectivity index (χ1n) is 11.8. The molecule has 35 heavy (non-hydrogen) atoms. The molecule has 0 spiro atoms. The van der Waals surface area contributed by atoms with Crippen LogP contribution in [0.25, 0.3) is 0 Å². The summed E-state index contributed by atoms with van der Waals surface area (Å²) in [5.74, 6) is -0.111. The zero-order valence-electron chi connectivity index (χ0n) is 20.5. The molecule has 4 rings (SSSR count). The maximum Gasteiger partial charge on any atom is 0.315 e. The molecule has 0 radical (unpaired) electrons. The van der Waals surface area contributed by atoms with Crippen molar-refractivity contribution in [2.24, 2.45) is 10.9 Å². The van der Waals surface area contributed by atoms with Gasteiger partial charge in [-0.2, -0.15) is 0 Å². The molecule has 1 heterocycles. The highest BCUT2D eigenvalue weighted by atomic mass is 79.9. The lowest BCUT2D eigenvalue weighted by atomic mass is 9.69. The van der Waals surface area contributed by atoms with Crippen LogP contribution in [-0.2, 0) is 14.3 Å². The number of halogens is 1. The van der Waals surface area contributed by atoms with Crippen molar-refractivity contribution < 1.29 is 23.8 Å². The minimum absolute atomic E-state index is 0.0171. The number of allylic oxidation sites excluding steroid dienone is 2. The topological polar surface area (TPSA) is 74.2 Å². The average Bonchev–Trinajstić information content (AvgIpc) is 2.86. The molecule has 0 saturated carbocycles. The third kappa shape index (κ3) is 5.06. The van der Waals surface area contributed by atoms with E-state index in [1.54, 1.807) is 14.2 Å². The molecule has 0 saturated heterocycles. The molecule has 0 fully saturated rings. The van der Waals surface area contributed by atoms with Gasteiger partial charge in [-0.05, 0) is 61.1 Å². The van der Waals surface area contributed by atoms with E-state index in [0.717, 1.165) is 27.7 Å². The van der Waals surface area contributed by atoms with Crippen LogP contribution in [0.2, 0.25) is 0 Å². The van der Waals surface area contributed by atoms with E-state index in [0.29, 0.717) is 42.2 Å². The first-order valence-corrected chi connectivity index (χ1v) is 12.6. The van der Waals surface area contributed by atoms with Crippen LogP contribution in [0, 0.1) is 5.92 Å². The predicted molar refractivity (Wildman–Crippen MR) is 138 cm³/mol. The fraction of sp³-hybridized carbons (Fsp3) is 0.393. The van der Waals surface area contributed by atoms with E-state index < -0.39 is 11.8 Å². The number of esters is 1. The maximum atomic E-state index is 13.7. The van der Waals surface area contributed by atoms with Crippen LogP contribution in [0.1, 0.15) is 56.1 Å². The number of ether oxygens (including phenoxy) is 3. The Morgan fingerprint density at radius 1 is 1.03 bits per heavy atom. The highest BCUT2D eigenvalue weighted by Gasteiger charge is 2.44. The first kappa shape index (κ1) is 25.2. The van der Waals surface area contributed by atoms with Gasteiger partial charge in [0.15, 0.2) is 17.3 Å². The zero-order chi connectivity index (χ0) is 25.1. The number of nitrogens with zero attached hydrogens (tertiary/aromatic N) is 1. The van der Waals surface area contributed by atoms with Crippen LogP contribution in [0.3, 0.4) is 0 Å². The van der Waals surface area contributed by atoms with Crippen molar-refractivity contribution >= 4 is 33.4 Å². The van der Waals surface area contributed by atoms with Gasteiger partial charge in [0.05, 0.1) is 20.8 Å². The largest absolute Gasteiger partial charge is 0.493 e. The van der Waals surface area contributed by atoms with E-state index in [1.165, 1.54) is 0 Å². The number of benzene rings is 2. The number of aliphatic imine (C=N–C) groups is 1. The number of Topliss-reactive ketones (excluding diaryl/α,β-unsaturated/α-hetero) is 1. The third-order valence-electron chi connectivity index (χ3n) is 6.70. The summed E-state index contributed by atoms with van der Waals surface area (Å²) in [5, 5.41) is 0. The van der Waals surface area contributed by atoms with E-state index in [2.05, 4.69) is 15.9 Å². The highest BCUT2D eigenvalue weighted by Crippen LogP contribution is 2.47.